The molecular weight excluding hydrogens is 974 g/mol. The standard InChI is InChI=1S/C60H63N3O.Pt/c1-37(2)40-18-20-41(21-19-40)43-28-29-61-52(35-43)45-32-44(33-48(34-45)60(11,12)13)50-16-15-17-53-55(50)62-57(51-31-38(3)30-39(4)56(51)64-14)63(53)54-36-47(59(8,9)10)26-27-49(54)42-22-24-46(25-23-42)58(5,6)7;/h15-31,33-37H,14H2,1-13H3;/q-2;+2/i37D;. The summed E-state index contributed by atoms with van der Waals surface area (Å²) in [6.45, 7) is 28.3. The van der Waals surface area contributed by atoms with Gasteiger partial charge in [-0.15, -0.1) is 29.3 Å². The monoisotopic (exact) mass is 1040 g/mol. The Kier molecular flexibility index (Phi) is 12.7. The summed E-state index contributed by atoms with van der Waals surface area (Å²) in [5, 5.41) is 0. The first-order valence-electron chi connectivity index (χ1n) is 23.0. The van der Waals surface area contributed by atoms with Gasteiger partial charge in [-0.3, -0.25) is 9.55 Å². The molecule has 0 N–H and O–H groups in total. The Morgan fingerprint density at radius 1 is 0.631 bits per heavy atom. The van der Waals surface area contributed by atoms with Crippen molar-refractivity contribution in [2.75, 3.05) is 0 Å². The summed E-state index contributed by atoms with van der Waals surface area (Å²) < 4.78 is 16.8. The van der Waals surface area contributed by atoms with Crippen molar-refractivity contribution in [1.82, 2.24) is 14.5 Å². The molecule has 2 heterocycles. The molecule has 0 amide bonds. The number of para-hydroxylation sites is 1. The van der Waals surface area contributed by atoms with Crippen molar-refractivity contribution in [1.29, 1.82) is 0 Å². The molecule has 0 aliphatic rings. The van der Waals surface area contributed by atoms with E-state index in [0.29, 0.717) is 5.75 Å². The Labute approximate surface area is 404 Å². The maximum atomic E-state index is 8.51. The third-order valence-corrected chi connectivity index (χ3v) is 12.5. The van der Waals surface area contributed by atoms with Gasteiger partial charge in [0.15, 0.2) is 0 Å². The smallest absolute Gasteiger partial charge is 0.665 e. The number of fused-ring (bicyclic) bond motifs is 1. The molecule has 0 fully saturated rings. The average molecular weight is 1040 g/mol. The molecule has 334 valence electrons. The third-order valence-electron chi connectivity index (χ3n) is 12.5. The van der Waals surface area contributed by atoms with Crippen LogP contribution in [0, 0.1) is 27.0 Å². The van der Waals surface area contributed by atoms with Crippen LogP contribution in [0.1, 0.15) is 117 Å². The van der Waals surface area contributed by atoms with Gasteiger partial charge < -0.3 is 4.74 Å². The van der Waals surface area contributed by atoms with Gasteiger partial charge in [-0.2, -0.15) is 7.11 Å². The van der Waals surface area contributed by atoms with E-state index in [9.17, 15) is 0 Å². The minimum absolute atomic E-state index is 0. The molecule has 8 aromatic rings. The first-order chi connectivity index (χ1) is 30.5. The van der Waals surface area contributed by atoms with Crippen LogP contribution in [-0.2, 0) is 37.3 Å². The van der Waals surface area contributed by atoms with E-state index in [4.69, 9.17) is 16.1 Å². The van der Waals surface area contributed by atoms with Gasteiger partial charge in [-0.05, 0) is 105 Å². The van der Waals surface area contributed by atoms with Gasteiger partial charge in [0.2, 0.25) is 0 Å². The molecule has 0 bridgehead atoms. The van der Waals surface area contributed by atoms with Crippen molar-refractivity contribution in [2.24, 2.45) is 0 Å². The molecule has 0 spiro atoms. The Bertz CT molecular complexity index is 3060. The minimum Gasteiger partial charge on any atom is -0.665 e. The number of aryl methyl sites for hydroxylation is 2. The van der Waals surface area contributed by atoms with Gasteiger partial charge in [0.05, 0.1) is 28.0 Å². The average Bonchev–Trinajstić information content (AvgIpc) is 3.64. The molecular formula is C60H63N3OPt. The SMILES string of the molecule is [2H]C(C)(C)c1ccc(-c2ccnc(-c3[c-]c(-c4cccc5c4nc(-c4cc(C)cc(C)c4O[CH2-])n5-c4cc(C(C)(C)C)ccc4-c4ccc(C(C)(C)C)cc4)cc(C(C)(C)C)c3)c2)cc1.[Pt+2]. The number of hydrogen-bond donors (Lipinski definition) is 0. The predicted octanol–water partition coefficient (Wildman–Crippen LogP) is 16.4. The third kappa shape index (κ3) is 9.57. The molecule has 0 aliphatic carbocycles. The fourth-order valence-corrected chi connectivity index (χ4v) is 8.67. The van der Waals surface area contributed by atoms with Gasteiger partial charge in [-0.25, -0.2) is 4.98 Å². The van der Waals surface area contributed by atoms with E-state index >= 15 is 0 Å². The van der Waals surface area contributed by atoms with E-state index in [-0.39, 0.29) is 37.3 Å². The summed E-state index contributed by atoms with van der Waals surface area (Å²) in [5.74, 6) is 0.807. The molecule has 4 nitrogen and oxygen atoms in total. The summed E-state index contributed by atoms with van der Waals surface area (Å²) in [7, 11) is 3.95. The molecule has 0 saturated carbocycles. The Balaban J connectivity index is 0.00000648. The molecule has 0 unspecified atom stereocenters. The van der Waals surface area contributed by atoms with E-state index in [1.807, 2.05) is 26.1 Å². The largest absolute Gasteiger partial charge is 2.00 e. The van der Waals surface area contributed by atoms with Crippen molar-refractivity contribution in [2.45, 2.75) is 112 Å². The molecule has 5 heteroatoms. The predicted molar refractivity (Wildman–Crippen MR) is 271 cm³/mol. The number of ether oxygens (including phenoxy) is 1. The molecule has 65 heavy (non-hydrogen) atoms. The van der Waals surface area contributed by atoms with E-state index in [1.54, 1.807) is 0 Å². The molecule has 0 radical (unpaired) electrons. The summed E-state index contributed by atoms with van der Waals surface area (Å²) in [4.78, 5) is 10.6. The maximum Gasteiger partial charge on any atom is 2.00 e. The molecule has 2 aromatic heterocycles. The number of imidazole rings is 1. The van der Waals surface area contributed by atoms with Crippen molar-refractivity contribution < 1.29 is 27.2 Å². The fourth-order valence-electron chi connectivity index (χ4n) is 8.67. The Morgan fingerprint density at radius 3 is 1.89 bits per heavy atom. The van der Waals surface area contributed by atoms with E-state index in [1.165, 1.54) is 16.7 Å². The molecule has 0 atom stereocenters. The minimum atomic E-state index is -0.667. The zero-order valence-corrected chi connectivity index (χ0v) is 42.7. The summed E-state index contributed by atoms with van der Waals surface area (Å²) in [6.07, 6.45) is 1.88. The second-order valence-corrected chi connectivity index (χ2v) is 20.8. The van der Waals surface area contributed by atoms with Crippen LogP contribution in [0.15, 0.2) is 128 Å². The quantitative estimate of drug-likeness (QED) is 0.142. The van der Waals surface area contributed by atoms with Gasteiger partial charge in [0.25, 0.3) is 0 Å². The van der Waals surface area contributed by atoms with Crippen molar-refractivity contribution in [3.05, 3.63) is 174 Å². The zero-order valence-electron chi connectivity index (χ0n) is 41.4. The zero-order chi connectivity index (χ0) is 46.8. The molecule has 0 aliphatic heterocycles. The van der Waals surface area contributed by atoms with Crippen LogP contribution in [-0.4, -0.2) is 14.5 Å². The van der Waals surface area contributed by atoms with Gasteiger partial charge in [0.1, 0.15) is 5.82 Å². The van der Waals surface area contributed by atoms with E-state index in [2.05, 4.69) is 209 Å². The first-order valence-corrected chi connectivity index (χ1v) is 22.5. The second-order valence-electron chi connectivity index (χ2n) is 20.8. The van der Waals surface area contributed by atoms with Gasteiger partial charge >= 0.3 is 21.1 Å². The number of rotatable bonds is 8. The van der Waals surface area contributed by atoms with Crippen LogP contribution in [0.2, 0.25) is 0 Å². The molecule has 0 saturated heterocycles. The summed E-state index contributed by atoms with van der Waals surface area (Å²) in [6, 6.07) is 47.6. The fraction of sp³-hybridized carbons (Fsp3) is 0.283. The van der Waals surface area contributed by atoms with Crippen LogP contribution >= 0.6 is 0 Å². The van der Waals surface area contributed by atoms with Crippen LogP contribution in [0.4, 0.5) is 0 Å². The van der Waals surface area contributed by atoms with Crippen LogP contribution in [0.3, 0.4) is 0 Å². The number of benzene rings is 6. The first kappa shape index (κ1) is 46.0. The number of aromatic nitrogens is 3. The van der Waals surface area contributed by atoms with Gasteiger partial charge in [0, 0.05) is 18.8 Å². The normalized spacial score (nSPS) is 12.6. The number of hydrogen-bond acceptors (Lipinski definition) is 3. The summed E-state index contributed by atoms with van der Waals surface area (Å²) in [5.41, 5.74) is 18.3. The molecule has 8 rings (SSSR count). The van der Waals surface area contributed by atoms with E-state index < -0.39 is 5.89 Å². The van der Waals surface area contributed by atoms with E-state index in [0.717, 1.165) is 89.4 Å². The van der Waals surface area contributed by atoms with Crippen LogP contribution < -0.4 is 4.74 Å². The van der Waals surface area contributed by atoms with Crippen molar-refractivity contribution in [3.8, 4) is 67.5 Å². The Hall–Kier alpha value is -5.57. The summed E-state index contributed by atoms with van der Waals surface area (Å²) >= 11 is 0. The van der Waals surface area contributed by atoms with Gasteiger partial charge in [-0.1, -0.05) is 172 Å². The maximum absolute atomic E-state index is 8.51. The van der Waals surface area contributed by atoms with Crippen LogP contribution in [0.25, 0.3) is 72.7 Å². The van der Waals surface area contributed by atoms with Crippen LogP contribution in [0.5, 0.6) is 5.75 Å². The topological polar surface area (TPSA) is 39.9 Å². The number of pyridine rings is 1. The van der Waals surface area contributed by atoms with Crippen molar-refractivity contribution in [3.63, 3.8) is 0 Å². The second kappa shape index (κ2) is 18.0. The Morgan fingerprint density at radius 2 is 1.26 bits per heavy atom. The molecule has 6 aromatic carbocycles. The number of nitrogens with zero attached hydrogens (tertiary/aromatic N) is 3. The van der Waals surface area contributed by atoms with Crippen molar-refractivity contribution >= 4 is 11.0 Å².